The van der Waals surface area contributed by atoms with Crippen LogP contribution in [-0.4, -0.2) is 48.6 Å². The molecule has 0 radical (unpaired) electrons. The van der Waals surface area contributed by atoms with Crippen LogP contribution in [0.5, 0.6) is 0 Å². The van der Waals surface area contributed by atoms with E-state index in [2.05, 4.69) is 33.6 Å². The molecule has 4 heterocycles. The third kappa shape index (κ3) is 2.13. The lowest BCUT2D eigenvalue weighted by atomic mass is 9.96. The fourth-order valence-electron chi connectivity index (χ4n) is 3.03. The van der Waals surface area contributed by atoms with Crippen LogP contribution in [0.25, 0.3) is 0 Å². The summed E-state index contributed by atoms with van der Waals surface area (Å²) in [7, 11) is 0. The molecule has 3 saturated heterocycles. The molecule has 2 unspecified atom stereocenters. The summed E-state index contributed by atoms with van der Waals surface area (Å²) in [6.07, 6.45) is 0. The molecule has 3 N–H and O–H groups in total. The zero-order valence-corrected chi connectivity index (χ0v) is 11.0. The van der Waals surface area contributed by atoms with E-state index in [0.29, 0.717) is 6.04 Å². The summed E-state index contributed by atoms with van der Waals surface area (Å²) in [6.45, 7) is 8.10. The summed E-state index contributed by atoms with van der Waals surface area (Å²) in [4.78, 5) is 6.49. The predicted octanol–water partition coefficient (Wildman–Crippen LogP) is 0.561. The van der Waals surface area contributed by atoms with Crippen LogP contribution in [0.4, 0.5) is 0 Å². The Morgan fingerprint density at radius 1 is 1.41 bits per heavy atom. The molecule has 0 amide bonds. The third-order valence-electron chi connectivity index (χ3n) is 4.00. The van der Waals surface area contributed by atoms with Crippen LogP contribution in [0.3, 0.4) is 0 Å². The van der Waals surface area contributed by atoms with Crippen LogP contribution < -0.4 is 11.3 Å². The van der Waals surface area contributed by atoms with E-state index in [9.17, 15) is 0 Å². The minimum Gasteiger partial charge on any atom is -0.299 e. The first-order valence-electron chi connectivity index (χ1n) is 6.25. The molecule has 4 rings (SSSR count). The van der Waals surface area contributed by atoms with Crippen molar-refractivity contribution in [2.24, 2.45) is 5.84 Å². The van der Waals surface area contributed by atoms with Gasteiger partial charge in [0.2, 0.25) is 0 Å². The Hall–Kier alpha value is -0.460. The van der Waals surface area contributed by atoms with E-state index in [1.54, 1.807) is 11.3 Å². The Kier molecular flexibility index (Phi) is 3.19. The number of thiophene rings is 1. The van der Waals surface area contributed by atoms with Gasteiger partial charge in [-0.15, -0.1) is 11.3 Å². The number of hydrazine groups is 1. The first-order chi connectivity index (χ1) is 8.28. The molecule has 0 aliphatic carbocycles. The summed E-state index contributed by atoms with van der Waals surface area (Å²) in [6, 6.07) is 3.05. The average molecular weight is 252 g/mol. The zero-order chi connectivity index (χ0) is 11.8. The van der Waals surface area contributed by atoms with Gasteiger partial charge in [-0.05, 0) is 23.9 Å². The van der Waals surface area contributed by atoms with Crippen LogP contribution in [0.1, 0.15) is 16.5 Å². The second-order valence-corrected chi connectivity index (χ2v) is 6.15. The molecule has 5 heteroatoms. The maximum absolute atomic E-state index is 5.79. The van der Waals surface area contributed by atoms with Gasteiger partial charge in [-0.2, -0.15) is 0 Å². The third-order valence-corrected chi connectivity index (χ3v) is 4.88. The van der Waals surface area contributed by atoms with E-state index in [0.717, 1.165) is 6.54 Å². The smallest absolute Gasteiger partial charge is 0.0636 e. The van der Waals surface area contributed by atoms with Crippen molar-refractivity contribution in [2.45, 2.75) is 19.0 Å². The minimum atomic E-state index is 0.267. The van der Waals surface area contributed by atoms with Gasteiger partial charge in [-0.25, -0.2) is 0 Å². The van der Waals surface area contributed by atoms with E-state index >= 15 is 0 Å². The molecule has 1 aromatic rings. The Balaban J connectivity index is 1.81. The Morgan fingerprint density at radius 2 is 2.18 bits per heavy atom. The highest BCUT2D eigenvalue weighted by Gasteiger charge is 2.37. The minimum absolute atomic E-state index is 0.267. The lowest BCUT2D eigenvalue weighted by Gasteiger charge is -2.49. The number of hydrogen-bond acceptors (Lipinski definition) is 5. The summed E-state index contributed by atoms with van der Waals surface area (Å²) < 4.78 is 0. The molecule has 4 nitrogen and oxygen atoms in total. The largest absolute Gasteiger partial charge is 0.299 e. The zero-order valence-electron chi connectivity index (χ0n) is 10.2. The van der Waals surface area contributed by atoms with Crippen LogP contribution in [0, 0.1) is 6.92 Å². The summed E-state index contributed by atoms with van der Waals surface area (Å²) in [5.74, 6) is 5.79. The van der Waals surface area contributed by atoms with Crippen molar-refractivity contribution in [1.29, 1.82) is 0 Å². The summed E-state index contributed by atoms with van der Waals surface area (Å²) in [5, 5.41) is 2.23. The van der Waals surface area contributed by atoms with Crippen molar-refractivity contribution >= 4 is 11.3 Å². The van der Waals surface area contributed by atoms with Crippen LogP contribution in [0.2, 0.25) is 0 Å². The fraction of sp³-hybridized carbons (Fsp3) is 0.667. The van der Waals surface area contributed by atoms with Gasteiger partial charge in [0.05, 0.1) is 6.04 Å². The maximum atomic E-state index is 5.79. The second kappa shape index (κ2) is 4.66. The number of rotatable bonds is 3. The monoisotopic (exact) mass is 252 g/mol. The van der Waals surface area contributed by atoms with Crippen molar-refractivity contribution in [1.82, 2.24) is 15.2 Å². The lowest BCUT2D eigenvalue weighted by Crippen LogP contribution is -2.64. The highest BCUT2D eigenvalue weighted by molar-refractivity contribution is 7.10. The fourth-order valence-corrected chi connectivity index (χ4v) is 3.77. The van der Waals surface area contributed by atoms with Crippen LogP contribution in [0.15, 0.2) is 11.4 Å². The summed E-state index contributed by atoms with van der Waals surface area (Å²) in [5.41, 5.74) is 4.37. The molecular weight excluding hydrogens is 232 g/mol. The molecule has 2 bridgehead atoms. The summed E-state index contributed by atoms with van der Waals surface area (Å²) >= 11 is 1.80. The van der Waals surface area contributed by atoms with Crippen molar-refractivity contribution in [3.63, 3.8) is 0 Å². The Labute approximate surface area is 106 Å². The van der Waals surface area contributed by atoms with Crippen LogP contribution in [-0.2, 0) is 0 Å². The molecule has 0 spiro atoms. The molecule has 94 valence electrons. The molecule has 1 aromatic heterocycles. The second-order valence-electron chi connectivity index (χ2n) is 5.04. The van der Waals surface area contributed by atoms with E-state index in [1.807, 2.05) is 0 Å². The van der Waals surface area contributed by atoms with Crippen molar-refractivity contribution < 1.29 is 0 Å². The van der Waals surface area contributed by atoms with Gasteiger partial charge in [0, 0.05) is 43.6 Å². The number of nitrogens with two attached hydrogens (primary N) is 1. The standard InChI is InChI=1S/C12H20N4S/c1-9-6-10(8-17-9)12(14-13)11-7-15-2-4-16(11)5-3-15/h6,8,11-12,14H,2-5,7,13H2,1H3. The molecule has 17 heavy (non-hydrogen) atoms. The van der Waals surface area contributed by atoms with Gasteiger partial charge < -0.3 is 0 Å². The van der Waals surface area contributed by atoms with Crippen LogP contribution >= 0.6 is 11.3 Å². The highest BCUT2D eigenvalue weighted by atomic mass is 32.1. The Morgan fingerprint density at radius 3 is 2.65 bits per heavy atom. The molecule has 3 fully saturated rings. The number of nitrogens with zero attached hydrogens (tertiary/aromatic N) is 2. The normalized spacial score (nSPS) is 33.9. The molecule has 3 aliphatic rings. The van der Waals surface area contributed by atoms with E-state index in [-0.39, 0.29) is 6.04 Å². The molecule has 3 aliphatic heterocycles. The molecule has 0 saturated carbocycles. The quantitative estimate of drug-likeness (QED) is 0.609. The average Bonchev–Trinajstić information content (AvgIpc) is 2.78. The molecular formula is C12H20N4S. The van der Waals surface area contributed by atoms with Gasteiger partial charge >= 0.3 is 0 Å². The van der Waals surface area contributed by atoms with Gasteiger partial charge in [0.1, 0.15) is 0 Å². The van der Waals surface area contributed by atoms with E-state index < -0.39 is 0 Å². The number of nitrogens with one attached hydrogen (secondary N) is 1. The number of aryl methyl sites for hydroxylation is 1. The van der Waals surface area contributed by atoms with Gasteiger partial charge in [0.25, 0.3) is 0 Å². The topological polar surface area (TPSA) is 44.5 Å². The van der Waals surface area contributed by atoms with Gasteiger partial charge in [-0.3, -0.25) is 21.1 Å². The molecule has 0 aromatic carbocycles. The van der Waals surface area contributed by atoms with Gasteiger partial charge in [0.15, 0.2) is 0 Å². The van der Waals surface area contributed by atoms with Crippen molar-refractivity contribution in [2.75, 3.05) is 32.7 Å². The first kappa shape index (κ1) is 11.6. The molecule has 2 atom stereocenters. The SMILES string of the molecule is Cc1cc(C(NN)C2CN3CCN2CC3)cs1. The maximum Gasteiger partial charge on any atom is 0.0636 e. The predicted molar refractivity (Wildman–Crippen MR) is 70.9 cm³/mol. The highest BCUT2D eigenvalue weighted by Crippen LogP contribution is 2.29. The Bertz CT molecular complexity index is 384. The van der Waals surface area contributed by atoms with Gasteiger partial charge in [-0.1, -0.05) is 0 Å². The van der Waals surface area contributed by atoms with Crippen molar-refractivity contribution in [3.05, 3.63) is 21.9 Å². The van der Waals surface area contributed by atoms with E-state index in [4.69, 9.17) is 5.84 Å². The first-order valence-corrected chi connectivity index (χ1v) is 7.13. The number of fused-ring (bicyclic) bond motifs is 3. The number of hydrogen-bond donors (Lipinski definition) is 2. The van der Waals surface area contributed by atoms with E-state index in [1.165, 1.54) is 36.6 Å². The van der Waals surface area contributed by atoms with Crippen molar-refractivity contribution in [3.8, 4) is 0 Å². The lowest BCUT2D eigenvalue weighted by molar-refractivity contribution is -0.00363. The number of piperazine rings is 3.